The van der Waals surface area contributed by atoms with E-state index in [2.05, 4.69) is 34.6 Å². The molecule has 1 rings (SSSR count). The zero-order valence-corrected chi connectivity index (χ0v) is 10.8. The van der Waals surface area contributed by atoms with Gasteiger partial charge in [0.25, 0.3) is 0 Å². The molecule has 0 aliphatic heterocycles. The molecule has 0 radical (unpaired) electrons. The summed E-state index contributed by atoms with van der Waals surface area (Å²) in [5.41, 5.74) is 0.516. The van der Waals surface area contributed by atoms with E-state index >= 15 is 0 Å². The summed E-state index contributed by atoms with van der Waals surface area (Å²) >= 11 is 0. The van der Waals surface area contributed by atoms with Gasteiger partial charge in [-0.1, -0.05) is 66.7 Å². The lowest BCUT2D eigenvalue weighted by Gasteiger charge is -2.42. The second-order valence-corrected chi connectivity index (χ2v) is 6.16. The van der Waals surface area contributed by atoms with Crippen LogP contribution in [-0.2, 0) is 0 Å². The smallest absolute Gasteiger partial charge is 0.0303 e. The Morgan fingerprint density at radius 1 is 0.929 bits per heavy atom. The van der Waals surface area contributed by atoms with Crippen molar-refractivity contribution in [1.82, 2.24) is 0 Å². The fourth-order valence-corrected chi connectivity index (χ4v) is 2.77. The number of rotatable bonds is 3. The van der Waals surface area contributed by atoms with Crippen LogP contribution in [0.25, 0.3) is 0 Å². The van der Waals surface area contributed by atoms with Gasteiger partial charge in [0.2, 0.25) is 0 Å². The first-order chi connectivity index (χ1) is 6.46. The molecule has 0 heteroatoms. The van der Waals surface area contributed by atoms with Crippen molar-refractivity contribution in [3.05, 3.63) is 0 Å². The van der Waals surface area contributed by atoms with E-state index in [-0.39, 0.29) is 0 Å². The van der Waals surface area contributed by atoms with E-state index in [9.17, 15) is 0 Å². The second-order valence-electron chi connectivity index (χ2n) is 6.16. The van der Waals surface area contributed by atoms with Gasteiger partial charge >= 0.3 is 0 Å². The van der Waals surface area contributed by atoms with Crippen molar-refractivity contribution in [3.63, 3.8) is 0 Å². The van der Waals surface area contributed by atoms with E-state index in [4.69, 9.17) is 0 Å². The first-order valence-electron chi connectivity index (χ1n) is 6.46. The molecule has 1 fully saturated rings. The van der Waals surface area contributed by atoms with Gasteiger partial charge in [-0.2, -0.15) is 0 Å². The molecule has 1 unspecified atom stereocenters. The van der Waals surface area contributed by atoms with Crippen LogP contribution in [0.3, 0.4) is 0 Å². The Morgan fingerprint density at radius 2 is 1.43 bits per heavy atom. The van der Waals surface area contributed by atoms with Gasteiger partial charge in [0.1, 0.15) is 0 Å². The highest BCUT2D eigenvalue weighted by Crippen LogP contribution is 2.43. The van der Waals surface area contributed by atoms with E-state index < -0.39 is 0 Å². The maximum atomic E-state index is 2.48. The second kappa shape index (κ2) is 4.68. The van der Waals surface area contributed by atoms with Crippen LogP contribution in [0.2, 0.25) is 0 Å². The van der Waals surface area contributed by atoms with Crippen LogP contribution in [-0.4, -0.2) is 0 Å². The molecule has 1 saturated carbocycles. The molecular weight excluding hydrogens is 168 g/mol. The van der Waals surface area contributed by atoms with Gasteiger partial charge in [-0.05, 0) is 23.2 Å². The molecule has 0 N–H and O–H groups in total. The van der Waals surface area contributed by atoms with Crippen LogP contribution in [0.1, 0.15) is 66.7 Å². The van der Waals surface area contributed by atoms with Crippen LogP contribution in [0, 0.1) is 23.2 Å². The van der Waals surface area contributed by atoms with Gasteiger partial charge in [-0.25, -0.2) is 0 Å². The van der Waals surface area contributed by atoms with E-state index in [0.717, 1.165) is 17.8 Å². The summed E-state index contributed by atoms with van der Waals surface area (Å²) in [5.74, 6) is 2.70. The molecule has 0 nitrogen and oxygen atoms in total. The van der Waals surface area contributed by atoms with Gasteiger partial charge in [0.15, 0.2) is 0 Å². The number of hydrogen-bond acceptors (Lipinski definition) is 0. The predicted molar refractivity (Wildman–Crippen MR) is 64.4 cm³/mol. The van der Waals surface area contributed by atoms with Gasteiger partial charge in [0.05, 0.1) is 0 Å². The molecule has 0 aromatic heterocycles. The minimum Gasteiger partial charge on any atom is -0.0623 e. The molecule has 1 atom stereocenters. The summed E-state index contributed by atoms with van der Waals surface area (Å²) in [5, 5.41) is 0. The molecule has 0 heterocycles. The fourth-order valence-electron chi connectivity index (χ4n) is 2.77. The molecule has 0 amide bonds. The van der Waals surface area contributed by atoms with Crippen molar-refractivity contribution in [2.24, 2.45) is 23.2 Å². The summed E-state index contributed by atoms with van der Waals surface area (Å²) in [7, 11) is 0. The third-order valence-electron chi connectivity index (χ3n) is 5.02. The van der Waals surface area contributed by atoms with Gasteiger partial charge < -0.3 is 0 Å². The molecule has 0 spiro atoms. The monoisotopic (exact) mass is 196 g/mol. The quantitative estimate of drug-likeness (QED) is 0.603. The third kappa shape index (κ3) is 2.52. The molecule has 14 heavy (non-hydrogen) atoms. The standard InChI is InChI=1S/C14H28/c1-11(2)14(4,5)12(3)13-9-7-6-8-10-13/h11-13H,6-10H2,1-5H3. The third-order valence-corrected chi connectivity index (χ3v) is 5.02. The largest absolute Gasteiger partial charge is 0.0623 e. The summed E-state index contributed by atoms with van der Waals surface area (Å²) in [6.07, 6.45) is 7.40. The van der Waals surface area contributed by atoms with Crippen molar-refractivity contribution >= 4 is 0 Å². The Bertz CT molecular complexity index is 161. The fraction of sp³-hybridized carbons (Fsp3) is 1.00. The Labute approximate surface area is 90.5 Å². The first-order valence-corrected chi connectivity index (χ1v) is 6.46. The lowest BCUT2D eigenvalue weighted by atomic mass is 9.64. The van der Waals surface area contributed by atoms with E-state index in [1.54, 1.807) is 0 Å². The minimum absolute atomic E-state index is 0.516. The molecule has 0 saturated heterocycles. The summed E-state index contributed by atoms with van der Waals surface area (Å²) in [6, 6.07) is 0. The van der Waals surface area contributed by atoms with E-state index in [1.807, 2.05) is 0 Å². The maximum absolute atomic E-state index is 2.48. The van der Waals surface area contributed by atoms with Crippen LogP contribution in [0.15, 0.2) is 0 Å². The van der Waals surface area contributed by atoms with Crippen molar-refractivity contribution in [3.8, 4) is 0 Å². The van der Waals surface area contributed by atoms with Gasteiger partial charge in [0, 0.05) is 0 Å². The van der Waals surface area contributed by atoms with Crippen LogP contribution in [0.5, 0.6) is 0 Å². The lowest BCUT2D eigenvalue weighted by Crippen LogP contribution is -2.33. The van der Waals surface area contributed by atoms with E-state index in [0.29, 0.717) is 5.41 Å². The summed E-state index contributed by atoms with van der Waals surface area (Å²) in [6.45, 7) is 12.1. The first kappa shape index (κ1) is 12.1. The molecule has 84 valence electrons. The van der Waals surface area contributed by atoms with Crippen molar-refractivity contribution < 1.29 is 0 Å². The Balaban J connectivity index is 2.57. The topological polar surface area (TPSA) is 0 Å². The average Bonchev–Trinajstić information content (AvgIpc) is 2.17. The molecular formula is C14H28. The van der Waals surface area contributed by atoms with Crippen LogP contribution >= 0.6 is 0 Å². The Hall–Kier alpha value is 0. The van der Waals surface area contributed by atoms with E-state index in [1.165, 1.54) is 32.1 Å². The lowest BCUT2D eigenvalue weighted by molar-refractivity contribution is 0.0790. The van der Waals surface area contributed by atoms with Crippen LogP contribution in [0.4, 0.5) is 0 Å². The summed E-state index contributed by atoms with van der Waals surface area (Å²) < 4.78 is 0. The highest BCUT2D eigenvalue weighted by atomic mass is 14.4. The highest BCUT2D eigenvalue weighted by molar-refractivity contribution is 4.84. The van der Waals surface area contributed by atoms with Crippen molar-refractivity contribution in [2.45, 2.75) is 66.7 Å². The average molecular weight is 196 g/mol. The van der Waals surface area contributed by atoms with Crippen molar-refractivity contribution in [2.75, 3.05) is 0 Å². The van der Waals surface area contributed by atoms with Gasteiger partial charge in [-0.15, -0.1) is 0 Å². The molecule has 1 aliphatic carbocycles. The normalized spacial score (nSPS) is 22.7. The van der Waals surface area contributed by atoms with Gasteiger partial charge in [-0.3, -0.25) is 0 Å². The Morgan fingerprint density at radius 3 is 1.86 bits per heavy atom. The maximum Gasteiger partial charge on any atom is -0.0303 e. The summed E-state index contributed by atoms with van der Waals surface area (Å²) in [4.78, 5) is 0. The predicted octanol–water partition coefficient (Wildman–Crippen LogP) is 4.89. The zero-order chi connectivity index (χ0) is 10.8. The minimum atomic E-state index is 0.516. The Kier molecular flexibility index (Phi) is 4.04. The molecule has 0 bridgehead atoms. The molecule has 0 aromatic carbocycles. The SMILES string of the molecule is CC(C)C(C)(C)C(C)C1CCCCC1. The van der Waals surface area contributed by atoms with Crippen LogP contribution < -0.4 is 0 Å². The van der Waals surface area contributed by atoms with Crippen molar-refractivity contribution in [1.29, 1.82) is 0 Å². The molecule has 0 aromatic rings. The zero-order valence-electron chi connectivity index (χ0n) is 10.8. The number of hydrogen-bond donors (Lipinski definition) is 0. The molecule has 1 aliphatic rings. The highest BCUT2D eigenvalue weighted by Gasteiger charge is 2.34.